The maximum absolute atomic E-state index is 6.21. The van der Waals surface area contributed by atoms with Crippen LogP contribution < -0.4 is 5.32 Å². The van der Waals surface area contributed by atoms with Gasteiger partial charge in [0.1, 0.15) is 0 Å². The summed E-state index contributed by atoms with van der Waals surface area (Å²) >= 11 is 6.21. The minimum Gasteiger partial charge on any atom is -0.315 e. The van der Waals surface area contributed by atoms with Gasteiger partial charge in [0.15, 0.2) is 0 Å². The van der Waals surface area contributed by atoms with Gasteiger partial charge in [-0.1, -0.05) is 36.7 Å². The highest BCUT2D eigenvalue weighted by Crippen LogP contribution is 2.23. The van der Waals surface area contributed by atoms with Crippen LogP contribution in [0.4, 0.5) is 0 Å². The van der Waals surface area contributed by atoms with Gasteiger partial charge in [0.2, 0.25) is 0 Å². The molecular weight excluding hydrogens is 232 g/mol. The average Bonchev–Trinajstić information content (AvgIpc) is 2.77. The van der Waals surface area contributed by atoms with Crippen LogP contribution in [0.25, 0.3) is 0 Å². The molecule has 3 heteroatoms. The van der Waals surface area contributed by atoms with Crippen molar-refractivity contribution in [2.45, 2.75) is 32.4 Å². The van der Waals surface area contributed by atoms with Crippen molar-refractivity contribution < 1.29 is 0 Å². The molecule has 2 rings (SSSR count). The Morgan fingerprint density at radius 2 is 2.24 bits per heavy atom. The number of nitrogens with zero attached hydrogens (tertiary/aromatic N) is 1. The number of hydrogen-bond acceptors (Lipinski definition) is 2. The van der Waals surface area contributed by atoms with E-state index in [9.17, 15) is 0 Å². The van der Waals surface area contributed by atoms with E-state index in [0.29, 0.717) is 6.04 Å². The van der Waals surface area contributed by atoms with Crippen LogP contribution in [0.3, 0.4) is 0 Å². The maximum Gasteiger partial charge on any atom is 0.0451 e. The van der Waals surface area contributed by atoms with E-state index in [-0.39, 0.29) is 0 Å². The Hall–Kier alpha value is -0.570. The maximum atomic E-state index is 6.21. The molecule has 1 N–H and O–H groups in total. The molecule has 0 bridgehead atoms. The minimum atomic E-state index is 0.672. The van der Waals surface area contributed by atoms with Crippen molar-refractivity contribution in [3.63, 3.8) is 0 Å². The summed E-state index contributed by atoms with van der Waals surface area (Å²) in [7, 11) is 0. The van der Waals surface area contributed by atoms with Gasteiger partial charge in [-0.2, -0.15) is 0 Å². The first-order chi connectivity index (χ1) is 8.31. The lowest BCUT2D eigenvalue weighted by molar-refractivity contribution is 0.240. The number of nitrogens with one attached hydrogen (secondary N) is 1. The summed E-state index contributed by atoms with van der Waals surface area (Å²) in [6, 6.07) is 8.84. The number of halogens is 1. The van der Waals surface area contributed by atoms with E-state index in [1.165, 1.54) is 24.9 Å². The second kappa shape index (κ2) is 6.39. The van der Waals surface area contributed by atoms with Crippen molar-refractivity contribution in [1.29, 1.82) is 0 Å². The molecule has 1 fully saturated rings. The van der Waals surface area contributed by atoms with Crippen molar-refractivity contribution in [3.8, 4) is 0 Å². The molecule has 1 unspecified atom stereocenters. The molecule has 1 atom stereocenters. The van der Waals surface area contributed by atoms with Crippen LogP contribution in [-0.4, -0.2) is 30.6 Å². The lowest BCUT2D eigenvalue weighted by atomic mass is 10.2. The Balaban J connectivity index is 1.95. The molecule has 94 valence electrons. The van der Waals surface area contributed by atoms with E-state index >= 15 is 0 Å². The summed E-state index contributed by atoms with van der Waals surface area (Å²) in [5.41, 5.74) is 1.25. The molecule has 0 radical (unpaired) electrons. The standard InChI is InChI=1S/C14H21ClN2/c1-2-16-10-13-7-5-9-17(13)11-12-6-3-4-8-14(12)15/h3-4,6,8,13,16H,2,5,7,9-11H2,1H3. The predicted octanol–water partition coefficient (Wildman–Crippen LogP) is 2.91. The highest BCUT2D eigenvalue weighted by molar-refractivity contribution is 6.31. The van der Waals surface area contributed by atoms with Crippen molar-refractivity contribution in [2.75, 3.05) is 19.6 Å². The molecule has 0 aliphatic carbocycles. The average molecular weight is 253 g/mol. The first-order valence-corrected chi connectivity index (χ1v) is 6.87. The van der Waals surface area contributed by atoms with Crippen LogP contribution >= 0.6 is 11.6 Å². The van der Waals surface area contributed by atoms with Gasteiger partial charge in [0.05, 0.1) is 0 Å². The SMILES string of the molecule is CCNCC1CCCN1Cc1ccccc1Cl. The van der Waals surface area contributed by atoms with Crippen LogP contribution in [0, 0.1) is 0 Å². The molecule has 1 saturated heterocycles. The number of hydrogen-bond donors (Lipinski definition) is 1. The van der Waals surface area contributed by atoms with Gasteiger partial charge in [-0.25, -0.2) is 0 Å². The zero-order valence-corrected chi connectivity index (χ0v) is 11.2. The molecule has 0 saturated carbocycles. The summed E-state index contributed by atoms with van der Waals surface area (Å²) in [5.74, 6) is 0. The van der Waals surface area contributed by atoms with E-state index in [1.807, 2.05) is 12.1 Å². The van der Waals surface area contributed by atoms with Crippen molar-refractivity contribution in [2.24, 2.45) is 0 Å². The molecule has 0 aromatic heterocycles. The lowest BCUT2D eigenvalue weighted by Crippen LogP contribution is -2.37. The topological polar surface area (TPSA) is 15.3 Å². The number of rotatable bonds is 5. The monoisotopic (exact) mass is 252 g/mol. The first kappa shape index (κ1) is 12.9. The molecule has 1 aliphatic heterocycles. The number of likely N-dealkylation sites (N-methyl/N-ethyl adjacent to an activating group) is 1. The summed E-state index contributed by atoms with van der Waals surface area (Å²) in [4.78, 5) is 2.55. The van der Waals surface area contributed by atoms with Crippen LogP contribution in [0.5, 0.6) is 0 Å². The van der Waals surface area contributed by atoms with Gasteiger partial charge in [-0.3, -0.25) is 4.90 Å². The van der Waals surface area contributed by atoms with Crippen LogP contribution in [0.15, 0.2) is 24.3 Å². The van der Waals surface area contributed by atoms with Gasteiger partial charge in [-0.15, -0.1) is 0 Å². The van der Waals surface area contributed by atoms with Crippen LogP contribution in [-0.2, 0) is 6.54 Å². The smallest absolute Gasteiger partial charge is 0.0451 e. The fourth-order valence-corrected chi connectivity index (χ4v) is 2.69. The van der Waals surface area contributed by atoms with Crippen molar-refractivity contribution >= 4 is 11.6 Å². The fraction of sp³-hybridized carbons (Fsp3) is 0.571. The summed E-state index contributed by atoms with van der Waals surface area (Å²) < 4.78 is 0. The third-order valence-electron chi connectivity index (χ3n) is 3.46. The van der Waals surface area contributed by atoms with Gasteiger partial charge in [0.25, 0.3) is 0 Å². The van der Waals surface area contributed by atoms with Gasteiger partial charge in [0, 0.05) is 24.2 Å². The van der Waals surface area contributed by atoms with E-state index in [2.05, 4.69) is 29.3 Å². The largest absolute Gasteiger partial charge is 0.315 e. The fourth-order valence-electron chi connectivity index (χ4n) is 2.49. The Kier molecular flexibility index (Phi) is 4.84. The Bertz CT molecular complexity index is 354. The zero-order chi connectivity index (χ0) is 12.1. The number of likely N-dealkylation sites (tertiary alicyclic amines) is 1. The van der Waals surface area contributed by atoms with Gasteiger partial charge in [-0.05, 0) is 37.6 Å². The van der Waals surface area contributed by atoms with Crippen LogP contribution in [0.2, 0.25) is 5.02 Å². The second-order valence-corrected chi connectivity index (χ2v) is 5.07. The first-order valence-electron chi connectivity index (χ1n) is 6.49. The quantitative estimate of drug-likeness (QED) is 0.867. The molecule has 2 nitrogen and oxygen atoms in total. The van der Waals surface area contributed by atoms with E-state index in [0.717, 1.165) is 24.7 Å². The summed E-state index contributed by atoms with van der Waals surface area (Å²) in [5, 5.41) is 4.34. The molecule has 1 aliphatic rings. The molecule has 0 amide bonds. The number of benzene rings is 1. The Morgan fingerprint density at radius 3 is 3.00 bits per heavy atom. The van der Waals surface area contributed by atoms with Crippen LogP contribution in [0.1, 0.15) is 25.3 Å². The van der Waals surface area contributed by atoms with E-state index < -0.39 is 0 Å². The predicted molar refractivity (Wildman–Crippen MR) is 73.4 cm³/mol. The summed E-state index contributed by atoms with van der Waals surface area (Å²) in [6.07, 6.45) is 2.61. The van der Waals surface area contributed by atoms with Crippen molar-refractivity contribution in [1.82, 2.24) is 10.2 Å². The Morgan fingerprint density at radius 1 is 1.41 bits per heavy atom. The Labute approximate surface area is 109 Å². The zero-order valence-electron chi connectivity index (χ0n) is 10.5. The minimum absolute atomic E-state index is 0.672. The normalized spacial score (nSPS) is 20.9. The second-order valence-electron chi connectivity index (χ2n) is 4.67. The molecule has 1 aromatic carbocycles. The van der Waals surface area contributed by atoms with E-state index in [4.69, 9.17) is 11.6 Å². The third kappa shape index (κ3) is 3.44. The van der Waals surface area contributed by atoms with E-state index in [1.54, 1.807) is 0 Å². The molecule has 0 spiro atoms. The summed E-state index contributed by atoms with van der Waals surface area (Å²) in [6.45, 7) is 6.49. The van der Waals surface area contributed by atoms with Gasteiger partial charge < -0.3 is 5.32 Å². The highest BCUT2D eigenvalue weighted by Gasteiger charge is 2.24. The molecule has 17 heavy (non-hydrogen) atoms. The third-order valence-corrected chi connectivity index (χ3v) is 3.83. The van der Waals surface area contributed by atoms with Crippen molar-refractivity contribution in [3.05, 3.63) is 34.9 Å². The van der Waals surface area contributed by atoms with Gasteiger partial charge >= 0.3 is 0 Å². The molecule has 1 aromatic rings. The molecular formula is C14H21ClN2. The lowest BCUT2D eigenvalue weighted by Gasteiger charge is -2.25. The molecule has 1 heterocycles. The highest BCUT2D eigenvalue weighted by atomic mass is 35.5.